The minimum atomic E-state index is -5.02. The van der Waals surface area contributed by atoms with E-state index in [4.69, 9.17) is 9.11 Å². The van der Waals surface area contributed by atoms with E-state index in [1.165, 1.54) is 0 Å². The maximum Gasteiger partial charge on any atom is 0.425 e. The van der Waals surface area contributed by atoms with Gasteiger partial charge in [0.2, 0.25) is 0 Å². The molecule has 0 bridgehead atoms. The summed E-state index contributed by atoms with van der Waals surface area (Å²) in [6, 6.07) is 0. The van der Waals surface area contributed by atoms with Gasteiger partial charge < -0.3 is 43.8 Å². The van der Waals surface area contributed by atoms with E-state index < -0.39 is 20.8 Å². The Hall–Kier alpha value is 0.745. The molecule has 0 atom stereocenters. The van der Waals surface area contributed by atoms with Crippen LogP contribution in [0.1, 0.15) is 0 Å². The minimum absolute atomic E-state index is 0. The Morgan fingerprint density at radius 3 is 0.684 bits per heavy atom. The quantitative estimate of drug-likeness (QED) is 0.186. The van der Waals surface area contributed by atoms with E-state index in [1.54, 1.807) is 0 Å². The summed E-state index contributed by atoms with van der Waals surface area (Å²) >= 11 is 0. The second-order valence-corrected chi connectivity index (χ2v) is 2.97. The van der Waals surface area contributed by atoms with Crippen LogP contribution < -0.4 is 0 Å². The van der Waals surface area contributed by atoms with E-state index >= 15 is 0 Å². The standard InChI is InChI=1S/H2O8S2.8H2O.Th/c1-9(2,3)7-8-10(4,5)6;;;;;;;;;/h(H,1,2,3)(H,4,5,6);8*1H2;. The summed E-state index contributed by atoms with van der Waals surface area (Å²) in [5.41, 5.74) is 0. The van der Waals surface area contributed by atoms with Crippen molar-refractivity contribution in [1.29, 1.82) is 0 Å². The largest absolute Gasteiger partial charge is 0.425 e. The Bertz CT molecular complexity index is 251. The average Bonchev–Trinajstić information content (AvgIpc) is 1.57. The van der Waals surface area contributed by atoms with Crippen LogP contribution in [0.5, 0.6) is 0 Å². The fourth-order valence-electron chi connectivity index (χ4n) is 0.0702. The van der Waals surface area contributed by atoms with Crippen LogP contribution in [0.4, 0.5) is 0 Å². The fraction of sp³-hybridized carbons (Fsp3) is 0. The summed E-state index contributed by atoms with van der Waals surface area (Å²) in [6.45, 7) is 0. The molecule has 0 spiro atoms. The van der Waals surface area contributed by atoms with E-state index in [-0.39, 0.29) is 83.7 Å². The molecule has 0 unspecified atom stereocenters. The molecule has 19 heavy (non-hydrogen) atoms. The molecule has 0 amide bonds. The predicted molar refractivity (Wildman–Crippen MR) is 54.2 cm³/mol. The summed E-state index contributed by atoms with van der Waals surface area (Å²) in [4.78, 5) is 0. The van der Waals surface area contributed by atoms with Gasteiger partial charge in [0.1, 0.15) is 0 Å². The molecule has 19 heteroatoms. The van der Waals surface area contributed by atoms with E-state index in [0.717, 1.165) is 0 Å². The molecule has 0 saturated heterocycles. The third-order valence-corrected chi connectivity index (χ3v) is 0.766. The van der Waals surface area contributed by atoms with Crippen LogP contribution in [0.15, 0.2) is 0 Å². The molecule has 0 radical (unpaired) electrons. The first-order valence-corrected chi connectivity index (χ1v) is 4.26. The summed E-state index contributed by atoms with van der Waals surface area (Å²) in [6.07, 6.45) is 0. The van der Waals surface area contributed by atoms with Crippen molar-refractivity contribution in [2.24, 2.45) is 0 Å². The zero-order valence-corrected chi connectivity index (χ0v) is 14.4. The van der Waals surface area contributed by atoms with Crippen molar-refractivity contribution in [2.75, 3.05) is 0 Å². The number of hydrogen-bond acceptors (Lipinski definition) is 6. The monoisotopic (exact) mass is 570 g/mol. The van der Waals surface area contributed by atoms with Gasteiger partial charge in [-0.15, -0.1) is 0 Å². The maximum atomic E-state index is 9.51. The topological polar surface area (TPSA) is 379 Å². The van der Waals surface area contributed by atoms with Gasteiger partial charge in [-0.3, -0.25) is 9.11 Å². The molecule has 18 N–H and O–H groups in total. The summed E-state index contributed by atoms with van der Waals surface area (Å²) < 4.78 is 58.9. The first-order chi connectivity index (χ1) is 4.21. The SMILES string of the molecule is O.O.O.O.O.O.O.O.O=S(=O)(O)OOS(=O)(=O)O.[Th]. The molecule has 0 aromatic carbocycles. The van der Waals surface area contributed by atoms with Gasteiger partial charge in [0.25, 0.3) is 0 Å². The molecule has 0 saturated carbocycles. The van der Waals surface area contributed by atoms with Crippen molar-refractivity contribution in [1.82, 2.24) is 0 Å². The molecule has 0 aliphatic heterocycles. The van der Waals surface area contributed by atoms with E-state index in [0.29, 0.717) is 0 Å². The van der Waals surface area contributed by atoms with Gasteiger partial charge >= 0.3 is 20.8 Å². The van der Waals surface area contributed by atoms with Gasteiger partial charge in [0.15, 0.2) is 0 Å². The van der Waals surface area contributed by atoms with Crippen molar-refractivity contribution < 1.29 is 118 Å². The van der Waals surface area contributed by atoms with Crippen LogP contribution in [-0.2, 0) is 29.5 Å². The zero-order valence-electron chi connectivity index (χ0n) is 8.66. The van der Waals surface area contributed by atoms with E-state index in [9.17, 15) is 16.8 Å². The Morgan fingerprint density at radius 1 is 0.526 bits per heavy atom. The van der Waals surface area contributed by atoms with Crippen LogP contribution in [0.25, 0.3) is 0 Å². The van der Waals surface area contributed by atoms with Gasteiger partial charge in [0.05, 0.1) is 0 Å². The Morgan fingerprint density at radius 2 is 0.632 bits per heavy atom. The zero-order chi connectivity index (χ0) is 8.41. The van der Waals surface area contributed by atoms with Crippen molar-refractivity contribution in [2.45, 2.75) is 0 Å². The molecular formula is H18O16S2Th. The third-order valence-electron chi connectivity index (χ3n) is 0.200. The van der Waals surface area contributed by atoms with E-state index in [1.807, 2.05) is 0 Å². The van der Waals surface area contributed by atoms with Gasteiger partial charge in [0, 0.05) is 39.9 Å². The number of hydrogen-bond donors (Lipinski definition) is 2. The Labute approximate surface area is 138 Å². The second-order valence-electron chi connectivity index (χ2n) is 0.992. The van der Waals surface area contributed by atoms with Crippen molar-refractivity contribution >= 4 is 20.8 Å². The molecular weight excluding hydrogens is 552 g/mol. The molecule has 0 rings (SSSR count). The summed E-state index contributed by atoms with van der Waals surface area (Å²) in [7, 11) is -10.0. The molecule has 16 nitrogen and oxygen atoms in total. The fourth-order valence-corrected chi connectivity index (χ4v) is 0.632. The smallest absolute Gasteiger partial charge is 0.412 e. The summed E-state index contributed by atoms with van der Waals surface area (Å²) in [5, 5.41) is 0. The maximum absolute atomic E-state index is 9.51. The van der Waals surface area contributed by atoms with E-state index in [2.05, 4.69) is 8.67 Å². The normalized spacial score (nSPS) is 7.05. The van der Waals surface area contributed by atoms with Crippen LogP contribution in [0.3, 0.4) is 0 Å². The van der Waals surface area contributed by atoms with Crippen molar-refractivity contribution in [3.8, 4) is 0 Å². The van der Waals surface area contributed by atoms with Gasteiger partial charge in [-0.05, 0) is 0 Å². The molecule has 0 fully saturated rings. The van der Waals surface area contributed by atoms with Gasteiger partial charge in [-0.25, -0.2) is 0 Å². The molecule has 0 heterocycles. The van der Waals surface area contributed by atoms with Crippen LogP contribution in [0.2, 0.25) is 0 Å². The van der Waals surface area contributed by atoms with Crippen molar-refractivity contribution in [3.63, 3.8) is 0 Å². The Balaban J connectivity index is -0.0000000112. The first kappa shape index (κ1) is 73.1. The van der Waals surface area contributed by atoms with Crippen molar-refractivity contribution in [3.05, 3.63) is 0 Å². The van der Waals surface area contributed by atoms with Gasteiger partial charge in [-0.2, -0.15) is 16.8 Å². The van der Waals surface area contributed by atoms with Crippen LogP contribution >= 0.6 is 0 Å². The first-order valence-electron chi connectivity index (χ1n) is 1.53. The molecule has 0 aliphatic carbocycles. The second kappa shape index (κ2) is 27.1. The number of rotatable bonds is 3. The average molecular weight is 570 g/mol. The van der Waals surface area contributed by atoms with Crippen LogP contribution in [-0.4, -0.2) is 69.8 Å². The summed E-state index contributed by atoms with van der Waals surface area (Å²) in [5.74, 6) is 0. The molecule has 0 aliphatic rings. The van der Waals surface area contributed by atoms with Crippen LogP contribution in [0, 0.1) is 39.9 Å². The minimum Gasteiger partial charge on any atom is -0.412 e. The Kier molecular flexibility index (Phi) is 104. The van der Waals surface area contributed by atoms with Gasteiger partial charge in [-0.1, -0.05) is 8.67 Å². The predicted octanol–water partition coefficient (Wildman–Crippen LogP) is -8.06. The third kappa shape index (κ3) is 87.6. The molecule has 0 aromatic heterocycles. The molecule has 130 valence electrons. The molecule has 0 aromatic rings.